The molecular formula is C17H26N4O3. The molecule has 1 aliphatic rings. The van der Waals surface area contributed by atoms with Gasteiger partial charge in [-0.2, -0.15) is 0 Å². The topological polar surface area (TPSA) is 75.6 Å². The quantitative estimate of drug-likeness (QED) is 0.765. The Morgan fingerprint density at radius 2 is 1.67 bits per heavy atom. The maximum Gasteiger partial charge on any atom is 0.359 e. The number of aromatic nitrogens is 2. The Bertz CT molecular complexity index is 627. The molecule has 1 saturated heterocycles. The number of carbonyl (C=O) groups is 2. The van der Waals surface area contributed by atoms with Gasteiger partial charge in [-0.15, -0.1) is 0 Å². The lowest BCUT2D eigenvalue weighted by Gasteiger charge is -2.42. The van der Waals surface area contributed by atoms with Crippen molar-refractivity contribution >= 4 is 11.9 Å². The molecule has 132 valence electrons. The Morgan fingerprint density at radius 1 is 1.08 bits per heavy atom. The Labute approximate surface area is 143 Å². The number of hydrogen-bond acceptors (Lipinski definition) is 6. The zero-order valence-electron chi connectivity index (χ0n) is 15.2. The van der Waals surface area contributed by atoms with Gasteiger partial charge >= 0.3 is 5.97 Å². The minimum Gasteiger partial charge on any atom is -0.455 e. The van der Waals surface area contributed by atoms with Gasteiger partial charge in [0.1, 0.15) is 5.60 Å². The van der Waals surface area contributed by atoms with E-state index >= 15 is 0 Å². The number of carbonyl (C=O) groups excluding carboxylic acids is 2. The fourth-order valence-corrected chi connectivity index (χ4v) is 2.69. The van der Waals surface area contributed by atoms with Crippen LogP contribution >= 0.6 is 0 Å². The molecule has 0 spiro atoms. The highest BCUT2D eigenvalue weighted by Crippen LogP contribution is 2.18. The number of hydrogen-bond donors (Lipinski definition) is 0. The molecule has 0 bridgehead atoms. The fourth-order valence-electron chi connectivity index (χ4n) is 2.69. The maximum atomic E-state index is 13.0. The molecule has 1 amide bonds. The SMILES string of the molecule is CC1CN(C(=O)c2nccnc2C(=O)OC(C)(C)C)C(C)CN1C. The molecule has 1 aliphatic heterocycles. The molecular weight excluding hydrogens is 308 g/mol. The van der Waals surface area contributed by atoms with Crippen LogP contribution in [0, 0.1) is 0 Å². The smallest absolute Gasteiger partial charge is 0.359 e. The normalized spacial score (nSPS) is 22.3. The van der Waals surface area contributed by atoms with Gasteiger partial charge in [-0.1, -0.05) is 0 Å². The molecule has 1 aromatic heterocycles. The van der Waals surface area contributed by atoms with Crippen molar-refractivity contribution in [3.05, 3.63) is 23.8 Å². The number of esters is 1. The van der Waals surface area contributed by atoms with Crippen LogP contribution < -0.4 is 0 Å². The van der Waals surface area contributed by atoms with E-state index < -0.39 is 11.6 Å². The van der Waals surface area contributed by atoms with E-state index in [1.807, 2.05) is 14.0 Å². The number of ether oxygens (including phenoxy) is 1. The first-order valence-electron chi connectivity index (χ1n) is 8.15. The highest BCUT2D eigenvalue weighted by atomic mass is 16.6. The average molecular weight is 334 g/mol. The number of nitrogens with zero attached hydrogens (tertiary/aromatic N) is 4. The lowest BCUT2D eigenvalue weighted by molar-refractivity contribution is 0.00562. The molecule has 24 heavy (non-hydrogen) atoms. The van der Waals surface area contributed by atoms with Crippen molar-refractivity contribution in [3.63, 3.8) is 0 Å². The van der Waals surface area contributed by atoms with Crippen LogP contribution in [0.5, 0.6) is 0 Å². The largest absolute Gasteiger partial charge is 0.455 e. The van der Waals surface area contributed by atoms with Crippen LogP contribution in [0.2, 0.25) is 0 Å². The third-order valence-electron chi connectivity index (χ3n) is 4.05. The Morgan fingerprint density at radius 3 is 2.25 bits per heavy atom. The predicted molar refractivity (Wildman–Crippen MR) is 89.8 cm³/mol. The number of likely N-dealkylation sites (N-methyl/N-ethyl adjacent to an activating group) is 1. The summed E-state index contributed by atoms with van der Waals surface area (Å²) in [5.41, 5.74) is -0.642. The molecule has 0 N–H and O–H groups in total. The van der Waals surface area contributed by atoms with Crippen LogP contribution in [0.4, 0.5) is 0 Å². The zero-order chi connectivity index (χ0) is 18.1. The van der Waals surface area contributed by atoms with Crippen molar-refractivity contribution in [2.45, 2.75) is 52.3 Å². The highest BCUT2D eigenvalue weighted by Gasteiger charge is 2.34. The lowest BCUT2D eigenvalue weighted by Crippen LogP contribution is -2.57. The molecule has 2 unspecified atom stereocenters. The van der Waals surface area contributed by atoms with E-state index in [2.05, 4.69) is 21.8 Å². The van der Waals surface area contributed by atoms with Crippen molar-refractivity contribution < 1.29 is 14.3 Å². The highest BCUT2D eigenvalue weighted by molar-refractivity contribution is 6.02. The summed E-state index contributed by atoms with van der Waals surface area (Å²) in [4.78, 5) is 37.4. The van der Waals surface area contributed by atoms with Crippen LogP contribution in [0.25, 0.3) is 0 Å². The van der Waals surface area contributed by atoms with Gasteiger partial charge in [0.15, 0.2) is 11.4 Å². The second kappa shape index (κ2) is 6.84. The Balaban J connectivity index is 2.29. The van der Waals surface area contributed by atoms with Crippen molar-refractivity contribution in [2.75, 3.05) is 20.1 Å². The maximum absolute atomic E-state index is 13.0. The Hall–Kier alpha value is -2.02. The van der Waals surface area contributed by atoms with Gasteiger partial charge in [-0.05, 0) is 41.7 Å². The lowest BCUT2D eigenvalue weighted by atomic mass is 10.1. The summed E-state index contributed by atoms with van der Waals surface area (Å²) in [6.07, 6.45) is 2.82. The zero-order valence-corrected chi connectivity index (χ0v) is 15.2. The van der Waals surface area contributed by atoms with Gasteiger partial charge in [0.05, 0.1) is 0 Å². The second-order valence-electron chi connectivity index (χ2n) is 7.35. The summed E-state index contributed by atoms with van der Waals surface area (Å²) in [7, 11) is 2.04. The summed E-state index contributed by atoms with van der Waals surface area (Å²) in [5, 5.41) is 0. The van der Waals surface area contributed by atoms with Gasteiger partial charge in [0.2, 0.25) is 0 Å². The van der Waals surface area contributed by atoms with Gasteiger partial charge in [-0.25, -0.2) is 14.8 Å². The van der Waals surface area contributed by atoms with Gasteiger partial charge < -0.3 is 9.64 Å². The van der Waals surface area contributed by atoms with Gasteiger partial charge in [-0.3, -0.25) is 9.69 Å². The predicted octanol–water partition coefficient (Wildman–Crippen LogP) is 1.60. The van der Waals surface area contributed by atoms with Gasteiger partial charge in [0, 0.05) is 37.6 Å². The van der Waals surface area contributed by atoms with E-state index in [1.54, 1.807) is 25.7 Å². The van der Waals surface area contributed by atoms with Crippen LogP contribution in [0.15, 0.2) is 12.4 Å². The third kappa shape index (κ3) is 4.08. The molecule has 0 radical (unpaired) electrons. The number of rotatable bonds is 2. The first-order valence-corrected chi connectivity index (χ1v) is 8.15. The number of piperazine rings is 1. The molecule has 1 aromatic rings. The fraction of sp³-hybridized carbons (Fsp3) is 0.647. The standard InChI is InChI=1S/C17H26N4O3/c1-11-10-21(12(2)9-20(11)6)15(22)13-14(19-8-7-18-13)16(23)24-17(3,4)5/h7-8,11-12H,9-10H2,1-6H3. The van der Waals surface area contributed by atoms with Crippen molar-refractivity contribution in [1.29, 1.82) is 0 Å². The summed E-state index contributed by atoms with van der Waals surface area (Å²) < 4.78 is 5.35. The summed E-state index contributed by atoms with van der Waals surface area (Å²) in [5.74, 6) is -0.912. The molecule has 7 nitrogen and oxygen atoms in total. The molecule has 7 heteroatoms. The number of amides is 1. The second-order valence-corrected chi connectivity index (χ2v) is 7.35. The third-order valence-corrected chi connectivity index (χ3v) is 4.05. The van der Waals surface area contributed by atoms with Crippen molar-refractivity contribution in [1.82, 2.24) is 19.8 Å². The molecule has 1 fully saturated rings. The van der Waals surface area contributed by atoms with Crippen molar-refractivity contribution in [3.8, 4) is 0 Å². The van der Waals surface area contributed by atoms with Crippen LogP contribution in [0.1, 0.15) is 55.6 Å². The van der Waals surface area contributed by atoms with Crippen molar-refractivity contribution in [2.24, 2.45) is 0 Å². The molecule has 0 aromatic carbocycles. The molecule has 2 rings (SSSR count). The molecule has 2 heterocycles. The molecule has 0 aliphatic carbocycles. The average Bonchev–Trinajstić information content (AvgIpc) is 2.48. The monoisotopic (exact) mass is 334 g/mol. The first kappa shape index (κ1) is 18.3. The van der Waals surface area contributed by atoms with E-state index in [-0.39, 0.29) is 29.4 Å². The van der Waals surface area contributed by atoms with E-state index in [1.165, 1.54) is 12.4 Å². The van der Waals surface area contributed by atoms with Crippen LogP contribution in [-0.2, 0) is 4.74 Å². The summed E-state index contributed by atoms with van der Waals surface area (Å²) >= 11 is 0. The van der Waals surface area contributed by atoms with Crippen LogP contribution in [-0.4, -0.2) is 69.5 Å². The van der Waals surface area contributed by atoms with E-state index in [0.29, 0.717) is 6.54 Å². The minimum absolute atomic E-state index is 0.0313. The molecule has 2 atom stereocenters. The Kier molecular flexibility index (Phi) is 5.22. The minimum atomic E-state index is -0.662. The van der Waals surface area contributed by atoms with Gasteiger partial charge in [0.25, 0.3) is 5.91 Å². The first-order chi connectivity index (χ1) is 11.1. The van der Waals surface area contributed by atoms with E-state index in [4.69, 9.17) is 4.74 Å². The summed E-state index contributed by atoms with van der Waals surface area (Å²) in [6.45, 7) is 10.7. The molecule has 0 saturated carbocycles. The van der Waals surface area contributed by atoms with Crippen LogP contribution in [0.3, 0.4) is 0 Å². The van der Waals surface area contributed by atoms with E-state index in [9.17, 15) is 9.59 Å². The van der Waals surface area contributed by atoms with E-state index in [0.717, 1.165) is 6.54 Å². The summed E-state index contributed by atoms with van der Waals surface area (Å²) in [6, 6.07) is 0.277.